The number of carbonyl (C=O) groups excluding carboxylic acids is 1. The lowest BCUT2D eigenvalue weighted by Gasteiger charge is -2.49. The van der Waals surface area contributed by atoms with Crippen molar-refractivity contribution in [3.8, 4) is 11.5 Å². The van der Waals surface area contributed by atoms with Crippen molar-refractivity contribution in [3.63, 3.8) is 0 Å². The maximum absolute atomic E-state index is 12.7. The number of benzene rings is 2. The fourth-order valence-corrected chi connectivity index (χ4v) is 3.22. The lowest BCUT2D eigenvalue weighted by Crippen LogP contribution is -2.57. The summed E-state index contributed by atoms with van der Waals surface area (Å²) in [4.78, 5) is 14.5. The Bertz CT molecular complexity index is 692. The van der Waals surface area contributed by atoms with Gasteiger partial charge >= 0.3 is 0 Å². The monoisotopic (exact) mass is 311 g/mol. The molecule has 1 N–H and O–H groups in total. The quantitative estimate of drug-likeness (QED) is 0.875. The fourth-order valence-electron chi connectivity index (χ4n) is 3.22. The third-order valence-electron chi connectivity index (χ3n) is 4.44. The minimum atomic E-state index is -0.0401. The van der Waals surface area contributed by atoms with Crippen molar-refractivity contribution >= 4 is 11.6 Å². The van der Waals surface area contributed by atoms with Crippen molar-refractivity contribution in [1.29, 1.82) is 0 Å². The number of phenolic OH excluding ortho intramolecular Hbond substituents is 1. The molecule has 0 spiro atoms. The Morgan fingerprint density at radius 2 is 1.65 bits per heavy atom. The molecule has 0 saturated carbocycles. The molecule has 1 amide bonds. The number of rotatable bonds is 4. The van der Waals surface area contributed by atoms with Crippen LogP contribution < -0.4 is 9.64 Å². The Labute approximate surface area is 136 Å². The number of hydrogen-bond acceptors (Lipinski definition) is 3. The molecule has 1 heterocycles. The van der Waals surface area contributed by atoms with Gasteiger partial charge in [-0.3, -0.25) is 4.79 Å². The van der Waals surface area contributed by atoms with Crippen molar-refractivity contribution in [3.05, 3.63) is 54.1 Å². The van der Waals surface area contributed by atoms with Crippen LogP contribution >= 0.6 is 0 Å². The van der Waals surface area contributed by atoms with E-state index in [1.807, 2.05) is 41.3 Å². The first kappa shape index (κ1) is 15.4. The number of β-lactam (4-membered cyclic amide) rings is 1. The molecule has 0 radical (unpaired) electrons. The summed E-state index contributed by atoms with van der Waals surface area (Å²) < 4.78 is 5.18. The van der Waals surface area contributed by atoms with E-state index in [4.69, 9.17) is 4.74 Å². The summed E-state index contributed by atoms with van der Waals surface area (Å²) in [6.07, 6.45) is 0. The van der Waals surface area contributed by atoms with Crippen molar-refractivity contribution in [1.82, 2.24) is 0 Å². The zero-order valence-electron chi connectivity index (χ0n) is 13.6. The molecule has 23 heavy (non-hydrogen) atoms. The molecular formula is C19H21NO3. The van der Waals surface area contributed by atoms with Gasteiger partial charge in [-0.05, 0) is 47.9 Å². The SMILES string of the molecule is COc1ccc(N2C(=O)C(C(C)C)C2c2ccc(O)cc2)cc1. The average Bonchev–Trinajstić information content (AvgIpc) is 2.54. The van der Waals surface area contributed by atoms with Crippen molar-refractivity contribution in [2.75, 3.05) is 12.0 Å². The number of ether oxygens (including phenoxy) is 1. The molecular weight excluding hydrogens is 290 g/mol. The van der Waals surface area contributed by atoms with Crippen LogP contribution in [0.2, 0.25) is 0 Å². The maximum atomic E-state index is 12.7. The van der Waals surface area contributed by atoms with Crippen molar-refractivity contribution in [2.45, 2.75) is 19.9 Å². The van der Waals surface area contributed by atoms with Gasteiger partial charge in [-0.15, -0.1) is 0 Å². The molecule has 2 aromatic rings. The smallest absolute Gasteiger partial charge is 0.233 e. The summed E-state index contributed by atoms with van der Waals surface area (Å²) >= 11 is 0. The lowest BCUT2D eigenvalue weighted by atomic mass is 9.75. The third-order valence-corrected chi connectivity index (χ3v) is 4.44. The molecule has 4 nitrogen and oxygen atoms in total. The Morgan fingerprint density at radius 1 is 1.04 bits per heavy atom. The molecule has 0 aromatic heterocycles. The summed E-state index contributed by atoms with van der Waals surface area (Å²) in [6.45, 7) is 4.14. The first-order valence-corrected chi connectivity index (χ1v) is 7.79. The number of aromatic hydroxyl groups is 1. The van der Waals surface area contributed by atoms with Gasteiger partial charge in [-0.1, -0.05) is 26.0 Å². The van der Waals surface area contributed by atoms with E-state index in [9.17, 15) is 9.90 Å². The van der Waals surface area contributed by atoms with Crippen LogP contribution in [0.4, 0.5) is 5.69 Å². The molecule has 1 saturated heterocycles. The zero-order valence-corrected chi connectivity index (χ0v) is 13.6. The maximum Gasteiger partial charge on any atom is 0.233 e. The van der Waals surface area contributed by atoms with Crippen LogP contribution in [-0.2, 0) is 4.79 Å². The summed E-state index contributed by atoms with van der Waals surface area (Å²) in [7, 11) is 1.62. The predicted octanol–water partition coefficient (Wildman–Crippen LogP) is 3.76. The van der Waals surface area contributed by atoms with Gasteiger partial charge in [0, 0.05) is 5.69 Å². The Morgan fingerprint density at radius 3 is 2.17 bits per heavy atom. The van der Waals surface area contributed by atoms with E-state index in [0.717, 1.165) is 17.0 Å². The van der Waals surface area contributed by atoms with E-state index in [1.54, 1.807) is 19.2 Å². The topological polar surface area (TPSA) is 49.8 Å². The van der Waals surface area contributed by atoms with Gasteiger partial charge in [0.25, 0.3) is 0 Å². The van der Waals surface area contributed by atoms with Crippen LogP contribution in [0.25, 0.3) is 0 Å². The highest BCUT2D eigenvalue weighted by atomic mass is 16.5. The first-order chi connectivity index (χ1) is 11.0. The number of carbonyl (C=O) groups is 1. The fraction of sp³-hybridized carbons (Fsp3) is 0.316. The highest BCUT2D eigenvalue weighted by Gasteiger charge is 2.49. The molecule has 1 aliphatic rings. The largest absolute Gasteiger partial charge is 0.508 e. The predicted molar refractivity (Wildman–Crippen MR) is 89.7 cm³/mol. The van der Waals surface area contributed by atoms with E-state index in [1.165, 1.54) is 0 Å². The van der Waals surface area contributed by atoms with E-state index in [-0.39, 0.29) is 29.5 Å². The van der Waals surface area contributed by atoms with E-state index in [0.29, 0.717) is 0 Å². The Balaban J connectivity index is 1.96. The minimum absolute atomic E-state index is 0.00325. The van der Waals surface area contributed by atoms with Crippen LogP contribution in [0.1, 0.15) is 25.5 Å². The molecule has 2 aromatic carbocycles. The third kappa shape index (κ3) is 2.65. The number of methoxy groups -OCH3 is 1. The molecule has 3 rings (SSSR count). The van der Waals surface area contributed by atoms with Gasteiger partial charge in [0.15, 0.2) is 0 Å². The lowest BCUT2D eigenvalue weighted by molar-refractivity contribution is -0.132. The standard InChI is InChI=1S/C19H21NO3/c1-12(2)17-18(13-4-8-15(21)9-5-13)20(19(17)22)14-6-10-16(23-3)11-7-14/h4-12,17-18,21H,1-3H3. The van der Waals surface area contributed by atoms with E-state index < -0.39 is 0 Å². The minimum Gasteiger partial charge on any atom is -0.508 e. The highest BCUT2D eigenvalue weighted by Crippen LogP contribution is 2.47. The molecule has 2 atom stereocenters. The second-order valence-corrected chi connectivity index (χ2v) is 6.21. The van der Waals surface area contributed by atoms with Crippen LogP contribution in [0.15, 0.2) is 48.5 Å². The number of hydrogen-bond donors (Lipinski definition) is 1. The number of anilines is 1. The zero-order chi connectivity index (χ0) is 16.6. The second kappa shape index (κ2) is 5.95. The van der Waals surface area contributed by atoms with Gasteiger partial charge in [-0.2, -0.15) is 0 Å². The molecule has 4 heteroatoms. The number of nitrogens with zero attached hydrogens (tertiary/aromatic N) is 1. The van der Waals surface area contributed by atoms with E-state index in [2.05, 4.69) is 13.8 Å². The summed E-state index contributed by atoms with van der Waals surface area (Å²) in [5.74, 6) is 1.36. The van der Waals surface area contributed by atoms with Crippen molar-refractivity contribution in [2.24, 2.45) is 11.8 Å². The average molecular weight is 311 g/mol. The van der Waals surface area contributed by atoms with Crippen LogP contribution in [0, 0.1) is 11.8 Å². The van der Waals surface area contributed by atoms with Crippen molar-refractivity contribution < 1.29 is 14.6 Å². The summed E-state index contributed by atoms with van der Waals surface area (Å²) in [5, 5.41) is 9.50. The van der Waals surface area contributed by atoms with Gasteiger partial charge in [-0.25, -0.2) is 0 Å². The van der Waals surface area contributed by atoms with Crippen LogP contribution in [0.5, 0.6) is 11.5 Å². The molecule has 0 aliphatic carbocycles. The van der Waals surface area contributed by atoms with Gasteiger partial charge in [0.05, 0.1) is 19.1 Å². The van der Waals surface area contributed by atoms with Gasteiger partial charge in [0.2, 0.25) is 5.91 Å². The summed E-state index contributed by atoms with van der Waals surface area (Å²) in [6, 6.07) is 14.6. The van der Waals surface area contributed by atoms with Gasteiger partial charge < -0.3 is 14.7 Å². The first-order valence-electron chi connectivity index (χ1n) is 7.79. The Hall–Kier alpha value is -2.49. The van der Waals surface area contributed by atoms with E-state index >= 15 is 0 Å². The highest BCUT2D eigenvalue weighted by molar-refractivity contribution is 6.03. The van der Waals surface area contributed by atoms with Crippen LogP contribution in [-0.4, -0.2) is 18.1 Å². The Kier molecular flexibility index (Phi) is 3.99. The normalized spacial score (nSPS) is 20.5. The number of phenols is 1. The number of amides is 1. The molecule has 0 bridgehead atoms. The summed E-state index contributed by atoms with van der Waals surface area (Å²) in [5.41, 5.74) is 1.91. The second-order valence-electron chi connectivity index (χ2n) is 6.21. The molecule has 1 fully saturated rings. The van der Waals surface area contributed by atoms with Crippen LogP contribution in [0.3, 0.4) is 0 Å². The molecule has 120 valence electrons. The van der Waals surface area contributed by atoms with Gasteiger partial charge in [0.1, 0.15) is 11.5 Å². The molecule has 1 aliphatic heterocycles. The molecule has 2 unspecified atom stereocenters.